The van der Waals surface area contributed by atoms with Crippen LogP contribution in [0.25, 0.3) is 22.8 Å². The van der Waals surface area contributed by atoms with Crippen LogP contribution in [0.5, 0.6) is 0 Å². The third-order valence-electron chi connectivity index (χ3n) is 6.31. The molecule has 29 heavy (non-hydrogen) atoms. The number of aromatic carboxylic acids is 1. The zero-order valence-electron chi connectivity index (χ0n) is 18.0. The number of nitrogens with zero attached hydrogens (tertiary/aromatic N) is 2. The van der Waals surface area contributed by atoms with E-state index in [0.717, 1.165) is 27.8 Å². The molecular weight excluding hydrogens is 371 g/mol. The van der Waals surface area contributed by atoms with Crippen molar-refractivity contribution >= 4 is 5.97 Å². The fourth-order valence-electron chi connectivity index (χ4n) is 3.95. The molecule has 152 valence electrons. The second-order valence-corrected chi connectivity index (χ2v) is 7.67. The lowest BCUT2D eigenvalue weighted by Crippen LogP contribution is -2.09. The predicted octanol–water partition coefficient (Wildman–Crippen LogP) is 5.71. The first-order chi connectivity index (χ1) is 13.5. The van der Waals surface area contributed by atoms with Gasteiger partial charge in [0.15, 0.2) is 0 Å². The van der Waals surface area contributed by atoms with Gasteiger partial charge in [-0.1, -0.05) is 5.16 Å². The second-order valence-electron chi connectivity index (χ2n) is 7.67. The molecule has 1 aromatic heterocycles. The van der Waals surface area contributed by atoms with Crippen molar-refractivity contribution in [2.75, 3.05) is 0 Å². The number of carboxylic acid groups (broad SMARTS) is 1. The number of carboxylic acids is 1. The van der Waals surface area contributed by atoms with Crippen LogP contribution in [-0.2, 0) is 0 Å². The lowest BCUT2D eigenvalue weighted by molar-refractivity contribution is 0.0695. The van der Waals surface area contributed by atoms with Gasteiger partial charge in [-0.2, -0.15) is 4.98 Å². The smallest absolute Gasteiger partial charge is 0.336 e. The van der Waals surface area contributed by atoms with E-state index in [1.165, 1.54) is 0 Å². The number of aromatic nitrogens is 2. The average Bonchev–Trinajstić information content (AvgIpc) is 3.12. The SMILES string of the molecule is Cc1c(C)c(C)c(-c2nc(-c3c(C)c(C)c(C)c(C(=O)O)c3C)no2)c(F)c1C. The molecule has 0 aliphatic rings. The van der Waals surface area contributed by atoms with Gasteiger partial charge in [-0.15, -0.1) is 0 Å². The summed E-state index contributed by atoms with van der Waals surface area (Å²) in [6.45, 7) is 14.7. The van der Waals surface area contributed by atoms with E-state index in [1.54, 1.807) is 20.8 Å². The number of halogens is 1. The molecule has 1 heterocycles. The lowest BCUT2D eigenvalue weighted by Gasteiger charge is -2.16. The van der Waals surface area contributed by atoms with Gasteiger partial charge in [-0.3, -0.25) is 0 Å². The summed E-state index contributed by atoms with van der Waals surface area (Å²) in [5.41, 5.74) is 7.34. The quantitative estimate of drug-likeness (QED) is 0.614. The number of rotatable bonds is 3. The van der Waals surface area contributed by atoms with Crippen LogP contribution in [0.15, 0.2) is 4.52 Å². The molecular formula is C23H25FN2O3. The van der Waals surface area contributed by atoms with Gasteiger partial charge in [-0.05, 0) is 99.9 Å². The Morgan fingerprint density at radius 1 is 0.759 bits per heavy atom. The van der Waals surface area contributed by atoms with E-state index >= 15 is 4.39 Å². The Morgan fingerprint density at radius 2 is 1.28 bits per heavy atom. The molecule has 0 spiro atoms. The second kappa shape index (κ2) is 7.10. The van der Waals surface area contributed by atoms with E-state index in [9.17, 15) is 9.90 Å². The summed E-state index contributed by atoms with van der Waals surface area (Å²) in [5, 5.41) is 13.7. The van der Waals surface area contributed by atoms with Gasteiger partial charge >= 0.3 is 5.97 Å². The van der Waals surface area contributed by atoms with Crippen LogP contribution in [0.1, 0.15) is 54.9 Å². The van der Waals surface area contributed by atoms with Gasteiger partial charge in [0.2, 0.25) is 5.82 Å². The fourth-order valence-corrected chi connectivity index (χ4v) is 3.95. The van der Waals surface area contributed by atoms with Crippen LogP contribution in [0.4, 0.5) is 4.39 Å². The molecule has 0 saturated carbocycles. The van der Waals surface area contributed by atoms with Crippen molar-refractivity contribution in [1.29, 1.82) is 0 Å². The Morgan fingerprint density at radius 3 is 1.86 bits per heavy atom. The third-order valence-corrected chi connectivity index (χ3v) is 6.31. The number of benzene rings is 2. The van der Waals surface area contributed by atoms with Crippen LogP contribution in [0, 0.1) is 61.2 Å². The predicted molar refractivity (Wildman–Crippen MR) is 110 cm³/mol. The molecule has 0 radical (unpaired) electrons. The van der Waals surface area contributed by atoms with Crippen LogP contribution in [-0.4, -0.2) is 21.2 Å². The highest BCUT2D eigenvalue weighted by atomic mass is 19.1. The monoisotopic (exact) mass is 396 g/mol. The summed E-state index contributed by atoms with van der Waals surface area (Å²) in [5.74, 6) is -1.02. The third kappa shape index (κ3) is 3.03. The van der Waals surface area contributed by atoms with Gasteiger partial charge in [0.05, 0.1) is 11.1 Å². The van der Waals surface area contributed by atoms with Crippen molar-refractivity contribution in [2.45, 2.75) is 55.4 Å². The molecule has 0 fully saturated rings. The molecule has 0 saturated heterocycles. The minimum absolute atomic E-state index is 0.0927. The maximum Gasteiger partial charge on any atom is 0.336 e. The Labute approximate surface area is 169 Å². The molecule has 5 nitrogen and oxygen atoms in total. The molecule has 0 unspecified atom stereocenters. The standard InChI is InChI=1S/C23H25FN2O3/c1-9-10(2)15(7)20(24)19(14(9)6)22-25-21(26-29-22)17-12(4)11(3)13(5)18(16(17)8)23(27)28/h1-8H3,(H,27,28). The summed E-state index contributed by atoms with van der Waals surface area (Å²) >= 11 is 0. The molecule has 0 bridgehead atoms. The van der Waals surface area contributed by atoms with Gasteiger partial charge < -0.3 is 9.63 Å². The summed E-state index contributed by atoms with van der Waals surface area (Å²) in [4.78, 5) is 16.3. The summed E-state index contributed by atoms with van der Waals surface area (Å²) < 4.78 is 20.5. The zero-order chi connectivity index (χ0) is 21.8. The highest BCUT2D eigenvalue weighted by Gasteiger charge is 2.26. The van der Waals surface area contributed by atoms with Crippen molar-refractivity contribution in [2.24, 2.45) is 0 Å². The van der Waals surface area contributed by atoms with Crippen molar-refractivity contribution < 1.29 is 18.8 Å². The highest BCUT2D eigenvalue weighted by Crippen LogP contribution is 2.36. The Bertz CT molecular complexity index is 1150. The lowest BCUT2D eigenvalue weighted by atomic mass is 9.88. The molecule has 2 aromatic carbocycles. The Hall–Kier alpha value is -3.02. The van der Waals surface area contributed by atoms with Crippen molar-refractivity contribution in [3.63, 3.8) is 0 Å². The molecule has 0 aliphatic heterocycles. The number of hydrogen-bond donors (Lipinski definition) is 1. The van der Waals surface area contributed by atoms with Gasteiger partial charge in [0.1, 0.15) is 5.82 Å². The fraction of sp³-hybridized carbons (Fsp3) is 0.348. The van der Waals surface area contributed by atoms with E-state index < -0.39 is 5.97 Å². The van der Waals surface area contributed by atoms with E-state index in [4.69, 9.17) is 4.52 Å². The molecule has 0 atom stereocenters. The first-order valence-corrected chi connectivity index (χ1v) is 9.42. The van der Waals surface area contributed by atoms with Crippen LogP contribution < -0.4 is 0 Å². The van der Waals surface area contributed by atoms with Crippen LogP contribution >= 0.6 is 0 Å². The normalized spacial score (nSPS) is 11.2. The summed E-state index contributed by atoms with van der Waals surface area (Å²) in [6.07, 6.45) is 0. The minimum atomic E-state index is -1.00. The van der Waals surface area contributed by atoms with E-state index in [0.29, 0.717) is 27.8 Å². The van der Waals surface area contributed by atoms with Crippen LogP contribution in [0.3, 0.4) is 0 Å². The molecule has 0 amide bonds. The van der Waals surface area contributed by atoms with Gasteiger partial charge in [0.25, 0.3) is 5.89 Å². The zero-order valence-corrected chi connectivity index (χ0v) is 18.0. The minimum Gasteiger partial charge on any atom is -0.478 e. The summed E-state index contributed by atoms with van der Waals surface area (Å²) in [6, 6.07) is 0. The molecule has 3 aromatic rings. The first-order valence-electron chi connectivity index (χ1n) is 9.42. The maximum atomic E-state index is 15.0. The molecule has 0 aliphatic carbocycles. The van der Waals surface area contributed by atoms with E-state index in [-0.39, 0.29) is 23.1 Å². The Balaban J connectivity index is 2.28. The van der Waals surface area contributed by atoms with Crippen molar-refractivity contribution in [1.82, 2.24) is 10.1 Å². The van der Waals surface area contributed by atoms with Crippen LogP contribution in [0.2, 0.25) is 0 Å². The first kappa shape index (κ1) is 20.7. The molecule has 6 heteroatoms. The summed E-state index contributed by atoms with van der Waals surface area (Å²) in [7, 11) is 0. The van der Waals surface area contributed by atoms with E-state index in [2.05, 4.69) is 10.1 Å². The average molecular weight is 396 g/mol. The van der Waals surface area contributed by atoms with Crippen molar-refractivity contribution in [3.8, 4) is 22.8 Å². The Kier molecular flexibility index (Phi) is 5.07. The van der Waals surface area contributed by atoms with E-state index in [1.807, 2.05) is 34.6 Å². The highest BCUT2D eigenvalue weighted by molar-refractivity contribution is 5.94. The number of hydrogen-bond acceptors (Lipinski definition) is 4. The van der Waals surface area contributed by atoms with Crippen molar-refractivity contribution in [3.05, 3.63) is 55.9 Å². The largest absolute Gasteiger partial charge is 0.478 e. The molecule has 1 N–H and O–H groups in total. The van der Waals surface area contributed by atoms with Gasteiger partial charge in [-0.25, -0.2) is 9.18 Å². The van der Waals surface area contributed by atoms with Gasteiger partial charge in [0, 0.05) is 5.56 Å². The maximum absolute atomic E-state index is 15.0. The topological polar surface area (TPSA) is 76.2 Å². The number of carbonyl (C=O) groups is 1. The molecule has 3 rings (SSSR count).